The Balaban J connectivity index is 1.50. The molecule has 0 aliphatic carbocycles. The van der Waals surface area contributed by atoms with Gasteiger partial charge in [0.1, 0.15) is 5.75 Å². The molecule has 3 aromatic rings. The molecule has 6 heteroatoms. The van der Waals surface area contributed by atoms with Crippen LogP contribution < -0.4 is 10.1 Å². The number of rotatable bonds is 5. The Morgan fingerprint density at radius 2 is 1.77 bits per heavy atom. The van der Waals surface area contributed by atoms with Crippen LogP contribution in [-0.2, 0) is 0 Å². The largest absolute Gasteiger partial charge is 0.497 e. The summed E-state index contributed by atoms with van der Waals surface area (Å²) in [6, 6.07) is 18.3. The number of benzene rings is 2. The molecule has 2 amide bonds. The number of hydrogen-bond acceptors (Lipinski definition) is 4. The van der Waals surface area contributed by atoms with Crippen molar-refractivity contribution in [2.45, 2.75) is 31.7 Å². The molecule has 1 fully saturated rings. The molecule has 1 saturated heterocycles. The molecule has 0 spiro atoms. The third-order valence-electron chi connectivity index (χ3n) is 5.65. The van der Waals surface area contributed by atoms with E-state index in [-0.39, 0.29) is 23.6 Å². The van der Waals surface area contributed by atoms with Gasteiger partial charge in [-0.3, -0.25) is 9.59 Å². The van der Waals surface area contributed by atoms with Gasteiger partial charge >= 0.3 is 0 Å². The first-order valence-electron chi connectivity index (χ1n) is 10.6. The van der Waals surface area contributed by atoms with Crippen LogP contribution in [0.4, 0.5) is 5.69 Å². The van der Waals surface area contributed by atoms with Crippen LogP contribution in [0.5, 0.6) is 5.75 Å². The van der Waals surface area contributed by atoms with Gasteiger partial charge in [-0.1, -0.05) is 25.0 Å². The van der Waals surface area contributed by atoms with E-state index in [0.29, 0.717) is 11.3 Å². The van der Waals surface area contributed by atoms with Crippen molar-refractivity contribution in [3.63, 3.8) is 0 Å². The Hall–Kier alpha value is -3.54. The van der Waals surface area contributed by atoms with Crippen LogP contribution in [0.25, 0.3) is 0 Å². The number of methoxy groups -OCH3 is 1. The predicted octanol–water partition coefficient (Wildman–Crippen LogP) is 5.30. The molecule has 4 rings (SSSR count). The molecule has 1 aliphatic rings. The van der Waals surface area contributed by atoms with Crippen LogP contribution in [-0.4, -0.2) is 30.4 Å². The van der Waals surface area contributed by atoms with E-state index >= 15 is 0 Å². The van der Waals surface area contributed by atoms with Crippen LogP contribution in [0.15, 0.2) is 71.3 Å². The van der Waals surface area contributed by atoms with Crippen molar-refractivity contribution in [1.29, 1.82) is 0 Å². The second-order valence-corrected chi connectivity index (χ2v) is 7.65. The van der Waals surface area contributed by atoms with Crippen molar-refractivity contribution in [2.75, 3.05) is 19.0 Å². The zero-order chi connectivity index (χ0) is 21.6. The minimum absolute atomic E-state index is 0.00614. The molecule has 31 heavy (non-hydrogen) atoms. The molecule has 6 nitrogen and oxygen atoms in total. The Morgan fingerprint density at radius 1 is 1.00 bits per heavy atom. The lowest BCUT2D eigenvalue weighted by Gasteiger charge is -2.31. The summed E-state index contributed by atoms with van der Waals surface area (Å²) in [4.78, 5) is 27.5. The van der Waals surface area contributed by atoms with Gasteiger partial charge in [0.2, 0.25) is 0 Å². The quantitative estimate of drug-likeness (QED) is 0.610. The van der Waals surface area contributed by atoms with Crippen LogP contribution in [0.1, 0.15) is 58.2 Å². The lowest BCUT2D eigenvalue weighted by atomic mass is 10.00. The van der Waals surface area contributed by atoms with Gasteiger partial charge in [-0.05, 0) is 66.9 Å². The lowest BCUT2D eigenvalue weighted by molar-refractivity contribution is 0.0681. The topological polar surface area (TPSA) is 71.8 Å². The van der Waals surface area contributed by atoms with Gasteiger partial charge in [-0.15, -0.1) is 0 Å². The second kappa shape index (κ2) is 9.51. The highest BCUT2D eigenvalue weighted by Gasteiger charge is 2.27. The molecule has 1 aromatic heterocycles. The maximum Gasteiger partial charge on any atom is 0.291 e. The van der Waals surface area contributed by atoms with Gasteiger partial charge in [-0.2, -0.15) is 0 Å². The highest BCUT2D eigenvalue weighted by Crippen LogP contribution is 2.32. The highest BCUT2D eigenvalue weighted by molar-refractivity contribution is 6.02. The first-order valence-corrected chi connectivity index (χ1v) is 10.6. The third-order valence-corrected chi connectivity index (χ3v) is 5.65. The molecule has 1 unspecified atom stereocenters. The summed E-state index contributed by atoms with van der Waals surface area (Å²) in [5.74, 6) is 0.734. The van der Waals surface area contributed by atoms with Gasteiger partial charge in [0.15, 0.2) is 5.76 Å². The summed E-state index contributed by atoms with van der Waals surface area (Å²) >= 11 is 0. The fourth-order valence-corrected chi connectivity index (χ4v) is 3.99. The van der Waals surface area contributed by atoms with Gasteiger partial charge in [0, 0.05) is 17.8 Å². The molecule has 160 valence electrons. The number of hydrogen-bond donors (Lipinski definition) is 1. The Bertz CT molecular complexity index is 1010. The number of nitrogens with one attached hydrogen (secondary N) is 1. The van der Waals surface area contributed by atoms with Crippen LogP contribution in [0.3, 0.4) is 0 Å². The van der Waals surface area contributed by atoms with Crippen molar-refractivity contribution in [1.82, 2.24) is 4.90 Å². The van der Waals surface area contributed by atoms with Gasteiger partial charge in [0.05, 0.1) is 19.4 Å². The monoisotopic (exact) mass is 418 g/mol. The van der Waals surface area contributed by atoms with Gasteiger partial charge in [0.25, 0.3) is 11.8 Å². The van der Waals surface area contributed by atoms with Crippen molar-refractivity contribution in [2.24, 2.45) is 0 Å². The molecule has 0 saturated carbocycles. The van der Waals surface area contributed by atoms with Crippen molar-refractivity contribution in [3.05, 3.63) is 83.8 Å². The Labute approximate surface area is 181 Å². The summed E-state index contributed by atoms with van der Waals surface area (Å²) in [7, 11) is 1.65. The van der Waals surface area contributed by atoms with E-state index in [1.807, 2.05) is 29.2 Å². The fourth-order valence-electron chi connectivity index (χ4n) is 3.99. The normalized spacial score (nSPS) is 16.4. The van der Waals surface area contributed by atoms with Crippen LogP contribution in [0, 0.1) is 0 Å². The average molecular weight is 418 g/mol. The number of nitrogens with zero attached hydrogens (tertiary/aromatic N) is 1. The highest BCUT2D eigenvalue weighted by atomic mass is 16.5. The molecule has 0 radical (unpaired) electrons. The summed E-state index contributed by atoms with van der Waals surface area (Å²) in [5, 5.41) is 2.78. The number of anilines is 1. The fraction of sp³-hybridized carbons (Fsp3) is 0.280. The average Bonchev–Trinajstić information content (AvgIpc) is 3.24. The standard InChI is InChI=1S/C25H26N2O4/c1-30-21-14-10-18(11-15-21)22-6-3-2-4-16-27(22)25(29)19-8-12-20(13-9-19)26-24(28)23-7-5-17-31-23/h5,7-15,17,22H,2-4,6,16H2,1H3,(H,26,28). The molecule has 2 aromatic carbocycles. The zero-order valence-electron chi connectivity index (χ0n) is 17.5. The van der Waals surface area contributed by atoms with E-state index in [4.69, 9.17) is 9.15 Å². The van der Waals surface area contributed by atoms with E-state index in [2.05, 4.69) is 5.32 Å². The van der Waals surface area contributed by atoms with E-state index < -0.39 is 0 Å². The van der Waals surface area contributed by atoms with E-state index in [9.17, 15) is 9.59 Å². The minimum atomic E-state index is -0.323. The summed E-state index contributed by atoms with van der Waals surface area (Å²) in [5.41, 5.74) is 2.34. The van der Waals surface area contributed by atoms with E-state index in [1.165, 1.54) is 6.26 Å². The SMILES string of the molecule is COc1ccc(C2CCCCCN2C(=O)c2ccc(NC(=O)c3ccco3)cc2)cc1. The Morgan fingerprint density at radius 3 is 2.45 bits per heavy atom. The predicted molar refractivity (Wildman–Crippen MR) is 118 cm³/mol. The third kappa shape index (κ3) is 4.79. The Kier molecular flexibility index (Phi) is 6.36. The molecule has 1 N–H and O–H groups in total. The molecule has 0 bridgehead atoms. The van der Waals surface area contributed by atoms with Crippen LogP contribution in [0.2, 0.25) is 0 Å². The first kappa shape index (κ1) is 20.7. The van der Waals surface area contributed by atoms with Gasteiger partial charge < -0.3 is 19.4 Å². The van der Waals surface area contributed by atoms with Crippen molar-refractivity contribution in [3.8, 4) is 5.75 Å². The maximum absolute atomic E-state index is 13.4. The van der Waals surface area contributed by atoms with E-state index in [0.717, 1.165) is 43.5 Å². The van der Waals surface area contributed by atoms with E-state index in [1.54, 1.807) is 43.5 Å². The lowest BCUT2D eigenvalue weighted by Crippen LogP contribution is -2.34. The van der Waals surface area contributed by atoms with Gasteiger partial charge in [-0.25, -0.2) is 0 Å². The summed E-state index contributed by atoms with van der Waals surface area (Å²) in [6.07, 6.45) is 5.61. The number of furan rings is 1. The maximum atomic E-state index is 13.4. The van der Waals surface area contributed by atoms with Crippen LogP contribution >= 0.6 is 0 Å². The number of carbonyl (C=O) groups excluding carboxylic acids is 2. The molecular weight excluding hydrogens is 392 g/mol. The number of likely N-dealkylation sites (tertiary alicyclic amines) is 1. The molecular formula is C25H26N2O4. The second-order valence-electron chi connectivity index (χ2n) is 7.65. The smallest absolute Gasteiger partial charge is 0.291 e. The van der Waals surface area contributed by atoms with Crippen molar-refractivity contribution >= 4 is 17.5 Å². The molecule has 1 aliphatic heterocycles. The minimum Gasteiger partial charge on any atom is -0.497 e. The number of ether oxygens (including phenoxy) is 1. The molecule has 2 heterocycles. The first-order chi connectivity index (χ1) is 15.2. The summed E-state index contributed by atoms with van der Waals surface area (Å²) in [6.45, 7) is 0.729. The number of carbonyl (C=O) groups is 2. The van der Waals surface area contributed by atoms with Crippen molar-refractivity contribution < 1.29 is 18.7 Å². The number of amides is 2. The molecule has 1 atom stereocenters. The summed E-state index contributed by atoms with van der Waals surface area (Å²) < 4.78 is 10.4. The zero-order valence-corrected chi connectivity index (χ0v) is 17.5.